The highest BCUT2D eigenvalue weighted by Gasteiger charge is 2.13. The van der Waals surface area contributed by atoms with Crippen molar-refractivity contribution >= 4 is 0 Å². The first-order valence-electron chi connectivity index (χ1n) is 6.20. The van der Waals surface area contributed by atoms with Gasteiger partial charge in [0.25, 0.3) is 0 Å². The van der Waals surface area contributed by atoms with E-state index in [2.05, 4.69) is 26.1 Å². The first kappa shape index (κ1) is 14.1. The third-order valence-electron chi connectivity index (χ3n) is 2.93. The Bertz CT molecular complexity index is 350. The van der Waals surface area contributed by atoms with Gasteiger partial charge in [0.05, 0.1) is 0 Å². The summed E-state index contributed by atoms with van der Waals surface area (Å²) in [5.74, 6) is -1.11. The molecule has 3 heteroatoms. The minimum absolute atomic E-state index is 0.341. The fourth-order valence-electron chi connectivity index (χ4n) is 1.78. The van der Waals surface area contributed by atoms with Gasteiger partial charge in [-0.1, -0.05) is 39.3 Å². The van der Waals surface area contributed by atoms with Crippen LogP contribution >= 0.6 is 0 Å². The Morgan fingerprint density at radius 1 is 1.24 bits per heavy atom. The molecule has 0 saturated carbocycles. The monoisotopic (exact) mass is 241 g/mol. The van der Waals surface area contributed by atoms with Crippen molar-refractivity contribution in [2.75, 3.05) is 6.54 Å². The Labute approximate surface area is 102 Å². The van der Waals surface area contributed by atoms with Crippen LogP contribution < -0.4 is 5.32 Å². The highest BCUT2D eigenvalue weighted by Crippen LogP contribution is 2.17. The summed E-state index contributed by atoms with van der Waals surface area (Å²) in [5.41, 5.74) is 0.474. The van der Waals surface area contributed by atoms with E-state index >= 15 is 0 Å². The summed E-state index contributed by atoms with van der Waals surface area (Å²) in [6.45, 7) is 7.07. The summed E-state index contributed by atoms with van der Waals surface area (Å²) in [5, 5.41) is 3.33. The summed E-state index contributed by atoms with van der Waals surface area (Å²) in [6, 6.07) is 4.81. The standard InChI is InChI=1S/C14H21F2N/c1-4-11(9-17-10(2)3)8-12-6-5-7-13(15)14(12)16/h5-7,10-11,17H,4,8-9H2,1-3H3. The highest BCUT2D eigenvalue weighted by atomic mass is 19.2. The number of benzene rings is 1. The van der Waals surface area contributed by atoms with Crippen molar-refractivity contribution in [3.8, 4) is 0 Å². The van der Waals surface area contributed by atoms with E-state index in [1.807, 2.05) is 0 Å². The minimum atomic E-state index is -0.755. The lowest BCUT2D eigenvalue weighted by molar-refractivity contribution is 0.422. The molecule has 17 heavy (non-hydrogen) atoms. The number of nitrogens with one attached hydrogen (secondary N) is 1. The molecule has 0 radical (unpaired) electrons. The maximum absolute atomic E-state index is 13.5. The molecule has 0 aliphatic rings. The van der Waals surface area contributed by atoms with Crippen LogP contribution in [0.2, 0.25) is 0 Å². The van der Waals surface area contributed by atoms with Crippen molar-refractivity contribution in [3.63, 3.8) is 0 Å². The van der Waals surface area contributed by atoms with E-state index in [9.17, 15) is 8.78 Å². The zero-order chi connectivity index (χ0) is 12.8. The van der Waals surface area contributed by atoms with Gasteiger partial charge in [0.15, 0.2) is 11.6 Å². The summed E-state index contributed by atoms with van der Waals surface area (Å²) in [4.78, 5) is 0. The van der Waals surface area contributed by atoms with Crippen LogP contribution in [0.1, 0.15) is 32.8 Å². The predicted octanol–water partition coefficient (Wildman–Crippen LogP) is 3.53. The van der Waals surface area contributed by atoms with Crippen molar-refractivity contribution in [3.05, 3.63) is 35.4 Å². The van der Waals surface area contributed by atoms with Gasteiger partial charge in [-0.2, -0.15) is 0 Å². The normalized spacial score (nSPS) is 13.1. The lowest BCUT2D eigenvalue weighted by Gasteiger charge is -2.18. The molecule has 96 valence electrons. The van der Waals surface area contributed by atoms with Gasteiger partial charge < -0.3 is 5.32 Å². The van der Waals surface area contributed by atoms with Crippen LogP contribution in [0.3, 0.4) is 0 Å². The number of halogens is 2. The molecule has 1 aromatic rings. The zero-order valence-electron chi connectivity index (χ0n) is 10.8. The molecule has 0 bridgehead atoms. The Morgan fingerprint density at radius 2 is 1.94 bits per heavy atom. The molecular formula is C14H21F2N. The summed E-state index contributed by atoms with van der Waals surface area (Å²) in [6.07, 6.45) is 1.54. The fourth-order valence-corrected chi connectivity index (χ4v) is 1.78. The van der Waals surface area contributed by atoms with Gasteiger partial charge in [-0.25, -0.2) is 8.78 Å². The summed E-state index contributed by atoms with van der Waals surface area (Å²) < 4.78 is 26.6. The lowest BCUT2D eigenvalue weighted by atomic mass is 9.96. The third-order valence-corrected chi connectivity index (χ3v) is 2.93. The van der Waals surface area contributed by atoms with E-state index in [1.54, 1.807) is 12.1 Å². The second-order valence-electron chi connectivity index (χ2n) is 4.75. The first-order valence-corrected chi connectivity index (χ1v) is 6.20. The Kier molecular flexibility index (Phi) is 5.56. The molecule has 0 aliphatic carbocycles. The van der Waals surface area contributed by atoms with Crippen LogP contribution in [0.5, 0.6) is 0 Å². The van der Waals surface area contributed by atoms with Gasteiger partial charge in [-0.05, 0) is 30.5 Å². The van der Waals surface area contributed by atoms with Gasteiger partial charge >= 0.3 is 0 Å². The Hall–Kier alpha value is -0.960. The van der Waals surface area contributed by atoms with Crippen LogP contribution in [0.4, 0.5) is 8.78 Å². The van der Waals surface area contributed by atoms with E-state index < -0.39 is 11.6 Å². The second-order valence-corrected chi connectivity index (χ2v) is 4.75. The van der Waals surface area contributed by atoms with Crippen LogP contribution in [0, 0.1) is 17.6 Å². The Morgan fingerprint density at radius 3 is 2.53 bits per heavy atom. The molecule has 0 fully saturated rings. The molecule has 1 rings (SSSR count). The number of hydrogen-bond acceptors (Lipinski definition) is 1. The second kappa shape index (κ2) is 6.70. The van der Waals surface area contributed by atoms with E-state index in [0.717, 1.165) is 19.0 Å². The SMILES string of the molecule is CCC(CNC(C)C)Cc1cccc(F)c1F. The predicted molar refractivity (Wildman–Crippen MR) is 67.0 cm³/mol. The molecular weight excluding hydrogens is 220 g/mol. The molecule has 1 N–H and O–H groups in total. The average Bonchev–Trinajstić information content (AvgIpc) is 2.29. The van der Waals surface area contributed by atoms with Crippen molar-refractivity contribution in [2.24, 2.45) is 5.92 Å². The third kappa shape index (κ3) is 4.43. The highest BCUT2D eigenvalue weighted by molar-refractivity contribution is 5.19. The van der Waals surface area contributed by atoms with E-state index in [1.165, 1.54) is 0 Å². The quantitative estimate of drug-likeness (QED) is 0.803. The van der Waals surface area contributed by atoms with Crippen molar-refractivity contribution in [1.29, 1.82) is 0 Å². The summed E-state index contributed by atoms with van der Waals surface area (Å²) in [7, 11) is 0. The Balaban J connectivity index is 2.64. The average molecular weight is 241 g/mol. The topological polar surface area (TPSA) is 12.0 Å². The van der Waals surface area contributed by atoms with Crippen molar-refractivity contribution < 1.29 is 8.78 Å². The van der Waals surface area contributed by atoms with Gasteiger partial charge in [0.1, 0.15) is 0 Å². The molecule has 0 aromatic heterocycles. The first-order chi connectivity index (χ1) is 8.04. The molecule has 0 amide bonds. The van der Waals surface area contributed by atoms with Gasteiger partial charge in [-0.3, -0.25) is 0 Å². The minimum Gasteiger partial charge on any atom is -0.314 e. The molecule has 1 nitrogen and oxygen atoms in total. The number of hydrogen-bond donors (Lipinski definition) is 1. The largest absolute Gasteiger partial charge is 0.314 e. The van der Waals surface area contributed by atoms with Crippen molar-refractivity contribution in [2.45, 2.75) is 39.7 Å². The molecule has 0 aliphatic heterocycles. The van der Waals surface area contributed by atoms with Gasteiger partial charge in [0.2, 0.25) is 0 Å². The van der Waals surface area contributed by atoms with Crippen molar-refractivity contribution in [1.82, 2.24) is 5.32 Å². The molecule has 0 saturated heterocycles. The van der Waals surface area contributed by atoms with Gasteiger partial charge in [-0.15, -0.1) is 0 Å². The molecule has 1 atom stereocenters. The van der Waals surface area contributed by atoms with Crippen LogP contribution in [-0.2, 0) is 6.42 Å². The van der Waals surface area contributed by atoms with Crippen LogP contribution in [-0.4, -0.2) is 12.6 Å². The van der Waals surface area contributed by atoms with E-state index in [4.69, 9.17) is 0 Å². The molecule has 0 spiro atoms. The van der Waals surface area contributed by atoms with E-state index in [0.29, 0.717) is 23.9 Å². The van der Waals surface area contributed by atoms with Crippen LogP contribution in [0.15, 0.2) is 18.2 Å². The molecule has 1 unspecified atom stereocenters. The molecule has 1 aromatic carbocycles. The maximum Gasteiger partial charge on any atom is 0.162 e. The smallest absolute Gasteiger partial charge is 0.162 e. The maximum atomic E-state index is 13.5. The summed E-state index contributed by atoms with van der Waals surface area (Å²) >= 11 is 0. The van der Waals surface area contributed by atoms with Crippen LogP contribution in [0.25, 0.3) is 0 Å². The number of rotatable bonds is 6. The van der Waals surface area contributed by atoms with Gasteiger partial charge in [0, 0.05) is 6.04 Å². The fraction of sp³-hybridized carbons (Fsp3) is 0.571. The molecule has 0 heterocycles. The zero-order valence-corrected chi connectivity index (χ0v) is 10.8. The van der Waals surface area contributed by atoms with E-state index in [-0.39, 0.29) is 0 Å². The lowest BCUT2D eigenvalue weighted by Crippen LogP contribution is -2.29.